The Kier molecular flexibility index (Phi) is 20.9. The summed E-state index contributed by atoms with van der Waals surface area (Å²) in [6, 6.07) is 0. The minimum atomic E-state index is -3.85. The summed E-state index contributed by atoms with van der Waals surface area (Å²) in [5.74, 6) is 0. The highest BCUT2D eigenvalue weighted by Crippen LogP contribution is 2.10. The Labute approximate surface area is 687 Å². The number of aromatic nitrogens is 20. The van der Waals surface area contributed by atoms with Gasteiger partial charge in [0.05, 0.1) is 37.1 Å². The molecule has 0 aliphatic heterocycles. The first kappa shape index (κ1) is 45.6. The summed E-state index contributed by atoms with van der Waals surface area (Å²) in [4.78, 5) is 144. The van der Waals surface area contributed by atoms with Gasteiger partial charge < -0.3 is 22.8 Å². The van der Waals surface area contributed by atoms with E-state index in [1.54, 1.807) is 62.3 Å². The maximum absolute atomic E-state index is 12.8. The van der Waals surface area contributed by atoms with E-state index >= 15 is 0 Å². The van der Waals surface area contributed by atoms with Crippen molar-refractivity contribution in [3.05, 3.63) is 136 Å². The summed E-state index contributed by atoms with van der Waals surface area (Å²) in [6.45, 7) is 0.384. The quantitative estimate of drug-likeness (QED) is 0.0357. The van der Waals surface area contributed by atoms with Gasteiger partial charge in [-0.05, 0) is 38.3 Å². The van der Waals surface area contributed by atoms with Crippen LogP contribution >= 0.6 is 47.8 Å². The van der Waals surface area contributed by atoms with Crippen LogP contribution in [0.25, 0.3) is 55.8 Å². The van der Waals surface area contributed by atoms with Crippen LogP contribution in [-0.4, -0.2) is 110 Å². The molecule has 0 aliphatic carbocycles. The fourth-order valence-corrected chi connectivity index (χ4v) is 9.40. The Morgan fingerprint density at radius 3 is 0.913 bits per heavy atom. The minimum absolute atomic E-state index is 0.0988. The molecule has 0 unspecified atom stereocenters. The molecule has 10 aromatic heterocycles. The normalized spacial score (nSPS) is 19.3. The lowest BCUT2D eigenvalue weighted by atomic mass is 10.2. The van der Waals surface area contributed by atoms with E-state index in [0.29, 0.717) is 53.9 Å². The number of hydrogen-bond acceptors (Lipinski definition) is 15. The summed E-state index contributed by atoms with van der Waals surface area (Å²) in [5.41, 5.74) is -5.61. The second kappa shape index (κ2) is 47.6. The molecule has 0 spiro atoms. The van der Waals surface area contributed by atoms with Crippen molar-refractivity contribution in [2.75, 3.05) is 15.9 Å². The number of aromatic amines is 2. The maximum atomic E-state index is 12.8. The van der Waals surface area contributed by atoms with Gasteiger partial charge in [0, 0.05) is 155 Å². The van der Waals surface area contributed by atoms with E-state index in [1.807, 2.05) is 0 Å². The van der Waals surface area contributed by atoms with Crippen LogP contribution in [0.5, 0.6) is 0 Å². The number of H-pyrrole nitrogens is 2. The number of rotatable bonds is 27. The Morgan fingerprint density at radius 2 is 0.615 bits per heavy atom. The molecule has 0 bridgehead atoms. The molecule has 0 atom stereocenters. The summed E-state index contributed by atoms with van der Waals surface area (Å²) < 4.78 is 318. The lowest BCUT2D eigenvalue weighted by Gasteiger charge is -2.08. The van der Waals surface area contributed by atoms with Crippen LogP contribution < -0.4 is 56.2 Å². The predicted molar refractivity (Wildman–Crippen MR) is 430 cm³/mol. The smallest absolute Gasteiger partial charge is 0.328 e. The van der Waals surface area contributed by atoms with Crippen LogP contribution in [0.4, 0.5) is 0 Å². The van der Waals surface area contributed by atoms with E-state index in [0.717, 1.165) is 62.8 Å². The molecule has 0 fully saturated rings. The summed E-state index contributed by atoms with van der Waals surface area (Å²) in [7, 11) is 15.1. The molecule has 30 nitrogen and oxygen atoms in total. The van der Waals surface area contributed by atoms with Crippen LogP contribution in [0.1, 0.15) is 250 Å². The average Bonchev–Trinajstić information content (AvgIpc) is 0.918. The summed E-state index contributed by atoms with van der Waals surface area (Å²) in [5, 5.41) is -4.49. The molecule has 33 heteroatoms. The molecule has 580 valence electrons. The van der Waals surface area contributed by atoms with Crippen molar-refractivity contribution >= 4 is 104 Å². The van der Waals surface area contributed by atoms with Crippen molar-refractivity contribution in [3.8, 4) is 0 Å². The van der Waals surface area contributed by atoms with Gasteiger partial charge in [0.25, 0.3) is 27.8 Å². The van der Waals surface area contributed by atoms with Gasteiger partial charge in [-0.15, -0.1) is 0 Å². The van der Waals surface area contributed by atoms with Crippen molar-refractivity contribution in [2.24, 2.45) is 70.5 Å². The van der Waals surface area contributed by atoms with Crippen molar-refractivity contribution < 1.29 is 54.8 Å². The van der Waals surface area contributed by atoms with Gasteiger partial charge in [-0.3, -0.25) is 70.5 Å². The van der Waals surface area contributed by atoms with E-state index < -0.39 is 171 Å². The first-order valence-electron chi connectivity index (χ1n) is 51.2. The zero-order valence-corrected chi connectivity index (χ0v) is 65.0. The highest BCUT2D eigenvalue weighted by atomic mass is 79.9. The predicted octanol–water partition coefficient (Wildman–Crippen LogP) is 9.85. The number of nitrogens with zero attached hydrogens (tertiary/aromatic N) is 18. The van der Waals surface area contributed by atoms with Gasteiger partial charge in [-0.25, -0.2) is 48.9 Å². The standard InChI is InChI=1S/3C13H20N4O2.2C7H8N4O2.3C6H13Br/c3*1-4-5-6-7-8-17-12(18)10-11(14-9-15(10)2)16(3)13(17)19;2*1-10-3-8-5-4(10)6(12)9-7(13)11(5)2;3*1-2-3-4-5-6-7/h3*9H,4-8H2,1-3H3;2*3H,1-2H3,(H,9,12,13);3*2-6H2,1H3/i2*4D2,5D2,6D2,7D2,8D2;;;;2*2D2,3D2,4D2,5D2,6D2;. The Bertz CT molecular complexity index is 6480. The fourth-order valence-electron chi connectivity index (χ4n) is 8.81. The summed E-state index contributed by atoms with van der Waals surface area (Å²) >= 11 is 8.03. The number of halogens is 3. The van der Waals surface area contributed by atoms with E-state index in [1.165, 1.54) is 97.8 Å². The molecule has 0 saturated heterocycles. The van der Waals surface area contributed by atoms with Crippen LogP contribution in [-0.2, 0) is 90.0 Å². The van der Waals surface area contributed by atoms with E-state index in [2.05, 4.69) is 96.5 Å². The average molecular weight is 1690 g/mol. The number of unbranched alkanes of at least 4 members (excludes halogenated alkanes) is 6. The van der Waals surface area contributed by atoms with Gasteiger partial charge in [0.15, 0.2) is 55.8 Å². The van der Waals surface area contributed by atoms with Crippen molar-refractivity contribution in [1.82, 2.24) is 94.3 Å². The molecular formula is C71H115Br3N20O10. The van der Waals surface area contributed by atoms with E-state index in [4.69, 9.17) is 54.8 Å². The topological polar surface area (TPSA) is 331 Å². The Morgan fingerprint density at radius 1 is 0.337 bits per heavy atom. The third-order valence-corrected chi connectivity index (χ3v) is 15.0. The van der Waals surface area contributed by atoms with E-state index in [-0.39, 0.29) is 42.7 Å². The van der Waals surface area contributed by atoms with Gasteiger partial charge in [0.2, 0.25) is 0 Å². The largest absolute Gasteiger partial charge is 0.332 e. The second-order valence-electron chi connectivity index (χ2n) is 21.3. The SMILES string of the molecule is CCCCCCBr.CCCCCCn1c(=O)c2c(ncn2C)n(C)c1=O.Cn1cnc2c1c(=O)[nH]c(=O)n2C.Cn1cnc2c1c(=O)[nH]c(=O)n2C.[2H]C([2H])(C)C([2H])([2H])C([2H])([2H])C([2H])([2H])C([2H])([2H])Br.[2H]C([2H])(C)C([2H])([2H])C([2H])([2H])C([2H])([2H])C([2H])([2H])Br.[2H]C([2H])(C)C([2H])([2H])C([2H])([2H])C([2H])([2H])C([2H])([2H])n1c(=O)c2c(ncn2C)n(C)c1=O.[2H]C([2H])(C)C([2H])([2H])C([2H])([2H])C([2H])([2H])C([2H])([2H])n1c(=O)c2c(ncn2C)n(C)c1=O. The number of hydrogen-bond donors (Lipinski definition) is 2. The second-order valence-corrected chi connectivity index (χ2v) is 22.8. The number of imidazole rings is 5. The zero-order valence-electron chi connectivity index (χ0n) is 100. The first-order valence-corrected chi connectivity index (χ1v) is 33.9. The van der Waals surface area contributed by atoms with Crippen molar-refractivity contribution in [1.29, 1.82) is 0 Å². The van der Waals surface area contributed by atoms with Crippen molar-refractivity contribution in [3.63, 3.8) is 0 Å². The molecule has 0 aliphatic rings. The zero-order chi connectivity index (χ0) is 114. The van der Waals surface area contributed by atoms with Crippen molar-refractivity contribution in [2.45, 2.75) is 214 Å². The monoisotopic (exact) mass is 1680 g/mol. The first-order chi connectivity index (χ1) is 64.2. The molecule has 0 radical (unpaired) electrons. The fraction of sp³-hybridized carbons (Fsp3) is 0.648. The van der Waals surface area contributed by atoms with Gasteiger partial charge in [0.1, 0.15) is 0 Å². The van der Waals surface area contributed by atoms with Crippen LogP contribution in [0.3, 0.4) is 0 Å². The molecule has 10 aromatic rings. The Balaban J connectivity index is 0.000000435. The molecule has 104 heavy (non-hydrogen) atoms. The van der Waals surface area contributed by atoms with Crippen LogP contribution in [0.15, 0.2) is 79.6 Å². The lowest BCUT2D eigenvalue weighted by molar-refractivity contribution is 0.539. The maximum Gasteiger partial charge on any atom is 0.332 e. The molecule has 0 aromatic carbocycles. The van der Waals surface area contributed by atoms with Crippen LogP contribution in [0.2, 0.25) is 0 Å². The Hall–Kier alpha value is -7.81. The van der Waals surface area contributed by atoms with Gasteiger partial charge in [-0.2, -0.15) is 0 Å². The summed E-state index contributed by atoms with van der Waals surface area (Å²) in [6.07, 6.45) is -36.6. The molecular weight excluding hydrogens is 1530 g/mol. The number of aryl methyl sites for hydroxylation is 10. The lowest BCUT2D eigenvalue weighted by Crippen LogP contribution is -2.39. The third kappa shape index (κ3) is 25.5. The van der Waals surface area contributed by atoms with Gasteiger partial charge >= 0.3 is 28.4 Å². The number of fused-ring (bicyclic) bond motifs is 5. The highest BCUT2D eigenvalue weighted by molar-refractivity contribution is 9.09. The highest BCUT2D eigenvalue weighted by Gasteiger charge is 2.18. The third-order valence-electron chi connectivity index (χ3n) is 14.0. The van der Waals surface area contributed by atoms with Gasteiger partial charge in [-0.1, -0.05) is 204 Å². The number of nitrogens with one attached hydrogen (secondary N) is 2. The van der Waals surface area contributed by atoms with Crippen LogP contribution in [0, 0.1) is 0 Å². The minimum Gasteiger partial charge on any atom is -0.328 e. The molecule has 0 amide bonds. The molecule has 0 saturated carbocycles. The molecule has 10 heterocycles. The molecule has 10 rings (SSSR count). The van der Waals surface area contributed by atoms with E-state index in [9.17, 15) is 47.9 Å². The molecule has 2 N–H and O–H groups in total. The number of alkyl halides is 3.